The molecule has 7 nitrogen and oxygen atoms in total. The molecule has 0 radical (unpaired) electrons. The van der Waals surface area contributed by atoms with Crippen molar-refractivity contribution in [3.63, 3.8) is 0 Å². The number of fused-ring (bicyclic) bond motifs is 3. The molecule has 2 saturated heterocycles. The summed E-state index contributed by atoms with van der Waals surface area (Å²) in [6.45, 7) is 1.70. The lowest BCUT2D eigenvalue weighted by molar-refractivity contribution is -0.172. The highest BCUT2D eigenvalue weighted by Gasteiger charge is 2.53. The molecule has 11 heteroatoms. The molecule has 0 N–H and O–H groups in total. The minimum atomic E-state index is -4.14. The molecular weight excluding hydrogens is 467 g/mol. The zero-order chi connectivity index (χ0) is 23.7. The highest BCUT2D eigenvalue weighted by molar-refractivity contribution is 6.29. The van der Waals surface area contributed by atoms with Gasteiger partial charge in [0.2, 0.25) is 5.28 Å². The van der Waals surface area contributed by atoms with Crippen molar-refractivity contribution in [2.45, 2.75) is 6.18 Å². The van der Waals surface area contributed by atoms with E-state index >= 15 is 0 Å². The lowest BCUT2D eigenvalue weighted by atomic mass is 9.72. The molecule has 0 amide bonds. The van der Waals surface area contributed by atoms with Gasteiger partial charge in [0.1, 0.15) is 5.82 Å². The Kier molecular flexibility index (Phi) is 4.69. The number of rotatable bonds is 4. The molecule has 0 atom stereocenters. The van der Waals surface area contributed by atoms with Gasteiger partial charge in [0.25, 0.3) is 5.78 Å². The van der Waals surface area contributed by atoms with Gasteiger partial charge in [-0.2, -0.15) is 18.2 Å². The standard InChI is InChI=1S/C23H21ClF3N7/c1-31(19-17-7-2-3-8-18(17)34-20(24)29-30-21(34)28-19)15-5-4-6-16(9-15)33-12-22(13-33)10-32(11-22)14-23(25,26)27/h2-9H,10-14H2,1H3. The van der Waals surface area contributed by atoms with Crippen LogP contribution < -0.4 is 9.80 Å². The zero-order valence-corrected chi connectivity index (χ0v) is 19.1. The first-order valence-corrected chi connectivity index (χ1v) is 11.3. The highest BCUT2D eigenvalue weighted by atomic mass is 35.5. The maximum Gasteiger partial charge on any atom is 0.401 e. The molecule has 0 saturated carbocycles. The Labute approximate surface area is 198 Å². The van der Waals surface area contributed by atoms with E-state index in [9.17, 15) is 13.2 Å². The van der Waals surface area contributed by atoms with Crippen molar-refractivity contribution in [1.29, 1.82) is 0 Å². The summed E-state index contributed by atoms with van der Waals surface area (Å²) in [6.07, 6.45) is -4.14. The highest BCUT2D eigenvalue weighted by Crippen LogP contribution is 2.43. The molecule has 2 aliphatic heterocycles. The number of aromatic nitrogens is 4. The van der Waals surface area contributed by atoms with Crippen molar-refractivity contribution in [2.75, 3.05) is 49.6 Å². The number of benzene rings is 2. The van der Waals surface area contributed by atoms with Gasteiger partial charge in [-0.05, 0) is 41.9 Å². The Hall–Kier alpha value is -3.11. The van der Waals surface area contributed by atoms with Crippen LogP contribution in [0.3, 0.4) is 0 Å². The first-order valence-electron chi connectivity index (χ1n) is 10.9. The van der Waals surface area contributed by atoms with E-state index < -0.39 is 12.7 Å². The van der Waals surface area contributed by atoms with Crippen LogP contribution in [0.15, 0.2) is 48.5 Å². The minimum Gasteiger partial charge on any atom is -0.370 e. The van der Waals surface area contributed by atoms with Crippen LogP contribution in [0.1, 0.15) is 0 Å². The summed E-state index contributed by atoms with van der Waals surface area (Å²) >= 11 is 6.23. The molecule has 6 rings (SSSR count). The molecule has 176 valence electrons. The van der Waals surface area contributed by atoms with Crippen molar-refractivity contribution in [3.05, 3.63) is 53.8 Å². The SMILES string of the molecule is CN(c1cccc(N2CC3(CN(CC(F)(F)F)C3)C2)c1)c1nc2nnc(Cl)n2c2ccccc12. The van der Waals surface area contributed by atoms with Crippen LogP contribution in [0, 0.1) is 5.41 Å². The number of para-hydroxylation sites is 1. The van der Waals surface area contributed by atoms with Crippen LogP contribution in [0.5, 0.6) is 0 Å². The average molecular weight is 488 g/mol. The van der Waals surface area contributed by atoms with Crippen molar-refractivity contribution < 1.29 is 13.2 Å². The molecule has 2 aromatic heterocycles. The first kappa shape index (κ1) is 21.4. The van der Waals surface area contributed by atoms with E-state index in [0.717, 1.165) is 41.2 Å². The van der Waals surface area contributed by atoms with E-state index in [1.807, 2.05) is 54.4 Å². The first-order chi connectivity index (χ1) is 16.2. The predicted octanol–water partition coefficient (Wildman–Crippen LogP) is 4.38. The molecule has 34 heavy (non-hydrogen) atoms. The third kappa shape index (κ3) is 3.52. The molecule has 2 fully saturated rings. The van der Waals surface area contributed by atoms with Crippen LogP contribution >= 0.6 is 11.6 Å². The number of likely N-dealkylation sites (tertiary alicyclic amines) is 1. The normalized spacial score (nSPS) is 17.9. The molecule has 4 heterocycles. The smallest absolute Gasteiger partial charge is 0.370 e. The van der Waals surface area contributed by atoms with E-state index in [0.29, 0.717) is 18.9 Å². The second-order valence-electron chi connectivity index (χ2n) is 9.25. The summed E-state index contributed by atoms with van der Waals surface area (Å²) in [7, 11) is 1.95. The second kappa shape index (κ2) is 7.44. The van der Waals surface area contributed by atoms with Gasteiger partial charge in [0, 0.05) is 55.4 Å². The van der Waals surface area contributed by atoms with Crippen LogP contribution in [-0.2, 0) is 0 Å². The van der Waals surface area contributed by atoms with Gasteiger partial charge in [-0.15, -0.1) is 10.2 Å². The van der Waals surface area contributed by atoms with E-state index in [2.05, 4.69) is 21.2 Å². The Morgan fingerprint density at radius 2 is 1.79 bits per heavy atom. The summed E-state index contributed by atoms with van der Waals surface area (Å²) in [4.78, 5) is 10.4. The van der Waals surface area contributed by atoms with Gasteiger partial charge in [-0.1, -0.05) is 18.2 Å². The number of halogens is 4. The van der Waals surface area contributed by atoms with Crippen molar-refractivity contribution in [3.8, 4) is 0 Å². The quantitative estimate of drug-likeness (QED) is 0.426. The van der Waals surface area contributed by atoms with Crippen molar-refractivity contribution in [1.82, 2.24) is 24.5 Å². The number of anilines is 3. The van der Waals surface area contributed by atoms with Crippen LogP contribution in [0.2, 0.25) is 5.28 Å². The summed E-state index contributed by atoms with van der Waals surface area (Å²) in [5, 5.41) is 9.21. The molecular formula is C23H21ClF3N7. The van der Waals surface area contributed by atoms with E-state index in [1.165, 1.54) is 4.90 Å². The van der Waals surface area contributed by atoms with Gasteiger partial charge in [0.05, 0.1) is 12.1 Å². The van der Waals surface area contributed by atoms with Crippen LogP contribution in [-0.4, -0.2) is 70.4 Å². The molecule has 0 unspecified atom stereocenters. The van der Waals surface area contributed by atoms with Gasteiger partial charge in [-0.25, -0.2) is 4.40 Å². The Morgan fingerprint density at radius 3 is 2.56 bits per heavy atom. The Balaban J connectivity index is 1.24. The number of alkyl halides is 3. The fraction of sp³-hybridized carbons (Fsp3) is 0.348. The number of hydrogen-bond donors (Lipinski definition) is 0. The molecule has 4 aromatic rings. The van der Waals surface area contributed by atoms with Crippen molar-refractivity contribution in [2.24, 2.45) is 5.41 Å². The Morgan fingerprint density at radius 1 is 1.03 bits per heavy atom. The lowest BCUT2D eigenvalue weighted by Crippen LogP contribution is -2.73. The summed E-state index contributed by atoms with van der Waals surface area (Å²) < 4.78 is 39.5. The topological polar surface area (TPSA) is 52.8 Å². The van der Waals surface area contributed by atoms with Gasteiger partial charge in [0.15, 0.2) is 0 Å². The third-order valence-electron chi connectivity index (χ3n) is 6.67. The monoisotopic (exact) mass is 487 g/mol. The van der Waals surface area contributed by atoms with Crippen LogP contribution in [0.4, 0.5) is 30.4 Å². The van der Waals surface area contributed by atoms with E-state index in [-0.39, 0.29) is 10.7 Å². The molecule has 0 bridgehead atoms. The summed E-state index contributed by atoms with van der Waals surface area (Å²) in [6, 6.07) is 15.9. The molecule has 0 aliphatic carbocycles. The largest absolute Gasteiger partial charge is 0.401 e. The fourth-order valence-electron chi connectivity index (χ4n) is 5.24. The van der Waals surface area contributed by atoms with Gasteiger partial charge in [-0.3, -0.25) is 4.90 Å². The van der Waals surface area contributed by atoms with Crippen molar-refractivity contribution >= 4 is 45.5 Å². The molecule has 2 aliphatic rings. The van der Waals surface area contributed by atoms with E-state index in [1.54, 1.807) is 4.40 Å². The zero-order valence-electron chi connectivity index (χ0n) is 18.3. The van der Waals surface area contributed by atoms with Gasteiger partial charge >= 0.3 is 6.18 Å². The average Bonchev–Trinajstić information content (AvgIpc) is 3.13. The fourth-order valence-corrected chi connectivity index (χ4v) is 5.44. The lowest BCUT2D eigenvalue weighted by Gasteiger charge is -2.61. The maximum absolute atomic E-state index is 12.6. The Bertz CT molecular complexity index is 1390. The second-order valence-corrected chi connectivity index (χ2v) is 9.59. The van der Waals surface area contributed by atoms with Crippen LogP contribution in [0.25, 0.3) is 16.7 Å². The summed E-state index contributed by atoms with van der Waals surface area (Å²) in [5.74, 6) is 1.14. The third-order valence-corrected chi connectivity index (χ3v) is 6.92. The van der Waals surface area contributed by atoms with Gasteiger partial charge < -0.3 is 9.80 Å². The summed E-state index contributed by atoms with van der Waals surface area (Å²) in [5.41, 5.74) is 2.82. The minimum absolute atomic E-state index is 0.0249. The maximum atomic E-state index is 12.6. The number of nitrogens with zero attached hydrogens (tertiary/aromatic N) is 7. The molecule has 1 spiro atoms. The number of hydrogen-bond acceptors (Lipinski definition) is 6. The molecule has 2 aromatic carbocycles. The van der Waals surface area contributed by atoms with E-state index in [4.69, 9.17) is 16.6 Å². The predicted molar refractivity (Wildman–Crippen MR) is 125 cm³/mol.